The van der Waals surface area contributed by atoms with E-state index in [9.17, 15) is 8.78 Å². The number of halogens is 2. The fourth-order valence-corrected chi connectivity index (χ4v) is 1.78. The van der Waals surface area contributed by atoms with Gasteiger partial charge in [0.1, 0.15) is 0 Å². The van der Waals surface area contributed by atoms with E-state index in [1.807, 2.05) is 0 Å². The first kappa shape index (κ1) is 10.9. The molecule has 13 heavy (non-hydrogen) atoms. The normalized spacial score (nSPS) is 25.4. The summed E-state index contributed by atoms with van der Waals surface area (Å²) in [5.41, 5.74) is 0. The Morgan fingerprint density at radius 2 is 2.31 bits per heavy atom. The van der Waals surface area contributed by atoms with E-state index in [0.29, 0.717) is 5.92 Å². The second kappa shape index (κ2) is 5.50. The summed E-state index contributed by atoms with van der Waals surface area (Å²) in [4.78, 5) is 2.28. The van der Waals surface area contributed by atoms with Gasteiger partial charge in [0.2, 0.25) is 0 Å². The summed E-state index contributed by atoms with van der Waals surface area (Å²) in [6.45, 7) is 2.69. The van der Waals surface area contributed by atoms with Gasteiger partial charge in [-0.05, 0) is 31.8 Å². The molecule has 1 unspecified atom stereocenters. The molecule has 1 aliphatic rings. The van der Waals surface area contributed by atoms with Crippen molar-refractivity contribution in [3.8, 4) is 0 Å². The second-order valence-corrected chi connectivity index (χ2v) is 3.50. The molecule has 1 rings (SSSR count). The summed E-state index contributed by atoms with van der Waals surface area (Å²) in [6, 6.07) is 0. The Kier molecular flexibility index (Phi) is 4.59. The van der Waals surface area contributed by atoms with E-state index < -0.39 is 6.61 Å². The summed E-state index contributed by atoms with van der Waals surface area (Å²) in [5.74, 6) is 0.294. The third-order valence-electron chi connectivity index (χ3n) is 2.51. The maximum atomic E-state index is 11.7. The van der Waals surface area contributed by atoms with Gasteiger partial charge in [-0.15, -0.1) is 0 Å². The molecule has 0 aromatic carbocycles. The summed E-state index contributed by atoms with van der Waals surface area (Å²) < 4.78 is 27.8. The van der Waals surface area contributed by atoms with Crippen LogP contribution in [-0.4, -0.2) is 37.8 Å². The van der Waals surface area contributed by atoms with Crippen molar-refractivity contribution in [3.63, 3.8) is 0 Å². The summed E-state index contributed by atoms with van der Waals surface area (Å²) in [7, 11) is 0. The minimum atomic E-state index is -2.61. The highest BCUT2D eigenvalue weighted by Crippen LogP contribution is 2.17. The van der Waals surface area contributed by atoms with E-state index in [4.69, 9.17) is 0 Å². The van der Waals surface area contributed by atoms with Gasteiger partial charge in [0, 0.05) is 6.54 Å². The van der Waals surface area contributed by atoms with E-state index in [-0.39, 0.29) is 6.61 Å². The Balaban J connectivity index is 2.18. The first-order chi connectivity index (χ1) is 6.22. The summed E-state index contributed by atoms with van der Waals surface area (Å²) >= 11 is 0. The molecular formula is C9H17F2NO. The molecule has 4 heteroatoms. The Bertz CT molecular complexity index is 144. The topological polar surface area (TPSA) is 12.5 Å². The molecule has 0 saturated carbocycles. The van der Waals surface area contributed by atoms with Gasteiger partial charge in [-0.2, -0.15) is 8.78 Å². The van der Waals surface area contributed by atoms with Gasteiger partial charge < -0.3 is 9.64 Å². The number of hydrogen-bond acceptors (Lipinski definition) is 2. The SMILES string of the molecule is CCN1CCCC(COC(F)F)C1. The van der Waals surface area contributed by atoms with E-state index in [0.717, 1.165) is 32.5 Å². The van der Waals surface area contributed by atoms with Gasteiger partial charge in [-0.3, -0.25) is 0 Å². The van der Waals surface area contributed by atoms with Crippen LogP contribution in [0, 0.1) is 5.92 Å². The predicted molar refractivity (Wildman–Crippen MR) is 46.8 cm³/mol. The van der Waals surface area contributed by atoms with Gasteiger partial charge in [-0.25, -0.2) is 0 Å². The molecular weight excluding hydrogens is 176 g/mol. The molecule has 0 radical (unpaired) electrons. The Labute approximate surface area is 77.9 Å². The lowest BCUT2D eigenvalue weighted by Gasteiger charge is -2.31. The standard InChI is InChI=1S/C9H17F2NO/c1-2-12-5-3-4-8(6-12)7-13-9(10)11/h8-9H,2-7H2,1H3. The average Bonchev–Trinajstić information content (AvgIpc) is 2.15. The van der Waals surface area contributed by atoms with E-state index in [1.165, 1.54) is 0 Å². The highest BCUT2D eigenvalue weighted by molar-refractivity contribution is 4.71. The predicted octanol–water partition coefficient (Wildman–Crippen LogP) is 1.96. The van der Waals surface area contributed by atoms with Crippen molar-refractivity contribution in [1.82, 2.24) is 4.90 Å². The monoisotopic (exact) mass is 193 g/mol. The van der Waals surface area contributed by atoms with E-state index >= 15 is 0 Å². The van der Waals surface area contributed by atoms with Crippen LogP contribution >= 0.6 is 0 Å². The second-order valence-electron chi connectivity index (χ2n) is 3.50. The molecule has 0 aromatic heterocycles. The first-order valence-electron chi connectivity index (χ1n) is 4.84. The number of rotatable bonds is 4. The minimum absolute atomic E-state index is 0.203. The average molecular weight is 193 g/mol. The zero-order valence-electron chi connectivity index (χ0n) is 8.01. The van der Waals surface area contributed by atoms with Crippen molar-refractivity contribution in [2.75, 3.05) is 26.2 Å². The minimum Gasteiger partial charge on any atom is -0.323 e. The number of likely N-dealkylation sites (tertiary alicyclic amines) is 1. The van der Waals surface area contributed by atoms with Crippen LogP contribution in [0.25, 0.3) is 0 Å². The molecule has 78 valence electrons. The molecule has 1 heterocycles. The molecule has 0 amide bonds. The first-order valence-corrected chi connectivity index (χ1v) is 4.84. The fraction of sp³-hybridized carbons (Fsp3) is 1.00. The van der Waals surface area contributed by atoms with Crippen molar-refractivity contribution in [2.24, 2.45) is 5.92 Å². The quantitative estimate of drug-likeness (QED) is 0.676. The zero-order chi connectivity index (χ0) is 9.68. The third-order valence-corrected chi connectivity index (χ3v) is 2.51. The fourth-order valence-electron chi connectivity index (χ4n) is 1.78. The lowest BCUT2D eigenvalue weighted by Crippen LogP contribution is -2.37. The molecule has 1 fully saturated rings. The largest absolute Gasteiger partial charge is 0.345 e. The van der Waals surface area contributed by atoms with Crippen LogP contribution in [0.3, 0.4) is 0 Å². The van der Waals surface area contributed by atoms with Crippen molar-refractivity contribution in [3.05, 3.63) is 0 Å². The molecule has 0 bridgehead atoms. The Morgan fingerprint density at radius 3 is 2.92 bits per heavy atom. The smallest absolute Gasteiger partial charge is 0.323 e. The van der Waals surface area contributed by atoms with Gasteiger partial charge in [0.25, 0.3) is 0 Å². The van der Waals surface area contributed by atoms with Gasteiger partial charge in [0.15, 0.2) is 0 Å². The molecule has 0 aromatic rings. The van der Waals surface area contributed by atoms with Gasteiger partial charge in [-0.1, -0.05) is 6.92 Å². The molecule has 1 aliphatic heterocycles. The van der Waals surface area contributed by atoms with Crippen LogP contribution in [0.5, 0.6) is 0 Å². The maximum absolute atomic E-state index is 11.7. The van der Waals surface area contributed by atoms with Crippen molar-refractivity contribution in [2.45, 2.75) is 26.4 Å². The highest BCUT2D eigenvalue weighted by Gasteiger charge is 2.19. The molecule has 1 atom stereocenters. The van der Waals surface area contributed by atoms with Gasteiger partial charge >= 0.3 is 6.61 Å². The number of hydrogen-bond donors (Lipinski definition) is 0. The van der Waals surface area contributed by atoms with Gasteiger partial charge in [0.05, 0.1) is 6.61 Å². The number of piperidine rings is 1. The number of nitrogens with zero attached hydrogens (tertiary/aromatic N) is 1. The number of ether oxygens (including phenoxy) is 1. The van der Waals surface area contributed by atoms with Crippen LogP contribution in [0.2, 0.25) is 0 Å². The van der Waals surface area contributed by atoms with Crippen LogP contribution in [0.4, 0.5) is 8.78 Å². The van der Waals surface area contributed by atoms with Crippen molar-refractivity contribution >= 4 is 0 Å². The molecule has 0 spiro atoms. The lowest BCUT2D eigenvalue weighted by atomic mass is 9.99. The zero-order valence-corrected chi connectivity index (χ0v) is 8.01. The van der Waals surface area contributed by atoms with E-state index in [1.54, 1.807) is 0 Å². The Morgan fingerprint density at radius 1 is 1.54 bits per heavy atom. The van der Waals surface area contributed by atoms with Crippen LogP contribution < -0.4 is 0 Å². The Hall–Kier alpha value is -0.220. The molecule has 0 aliphatic carbocycles. The third kappa shape index (κ3) is 4.00. The summed E-state index contributed by atoms with van der Waals surface area (Å²) in [6.07, 6.45) is 2.12. The van der Waals surface area contributed by atoms with Crippen LogP contribution in [-0.2, 0) is 4.74 Å². The van der Waals surface area contributed by atoms with Crippen molar-refractivity contribution in [1.29, 1.82) is 0 Å². The molecule has 1 saturated heterocycles. The maximum Gasteiger partial charge on any atom is 0.345 e. The van der Waals surface area contributed by atoms with Crippen LogP contribution in [0.1, 0.15) is 19.8 Å². The molecule has 2 nitrogen and oxygen atoms in total. The highest BCUT2D eigenvalue weighted by atomic mass is 19.3. The van der Waals surface area contributed by atoms with Crippen molar-refractivity contribution < 1.29 is 13.5 Å². The van der Waals surface area contributed by atoms with Crippen LogP contribution in [0.15, 0.2) is 0 Å². The van der Waals surface area contributed by atoms with E-state index in [2.05, 4.69) is 16.6 Å². The number of alkyl halides is 2. The molecule has 0 N–H and O–H groups in total. The summed E-state index contributed by atoms with van der Waals surface area (Å²) in [5, 5.41) is 0. The lowest BCUT2D eigenvalue weighted by molar-refractivity contribution is -0.141.